The zero-order valence-electron chi connectivity index (χ0n) is 25.1. The van der Waals surface area contributed by atoms with Gasteiger partial charge in [0.25, 0.3) is 0 Å². The molecule has 9 rings (SSSR count). The van der Waals surface area contributed by atoms with Crippen molar-refractivity contribution in [3.05, 3.63) is 176 Å². The van der Waals surface area contributed by atoms with Crippen LogP contribution >= 0.6 is 0 Å². The van der Waals surface area contributed by atoms with E-state index in [1.807, 2.05) is 12.1 Å². The molecule has 0 unspecified atom stereocenters. The summed E-state index contributed by atoms with van der Waals surface area (Å²) in [4.78, 5) is 2.39. The van der Waals surface area contributed by atoms with E-state index in [-0.39, 0.29) is 0 Å². The minimum Gasteiger partial charge on any atom is -0.456 e. The molecule has 9 aromatic rings. The fraction of sp³-hybridized carbons (Fsp3) is 0. The van der Waals surface area contributed by atoms with Crippen LogP contribution in [0.15, 0.2) is 180 Å². The fourth-order valence-corrected chi connectivity index (χ4v) is 6.80. The number of fused-ring (bicyclic) bond motifs is 6. The van der Waals surface area contributed by atoms with Crippen LogP contribution in [0, 0.1) is 0 Å². The minimum atomic E-state index is 0.912. The summed E-state index contributed by atoms with van der Waals surface area (Å²) in [6.45, 7) is 0. The average molecular weight is 588 g/mol. The van der Waals surface area contributed by atoms with Crippen LogP contribution in [0.2, 0.25) is 0 Å². The van der Waals surface area contributed by atoms with Gasteiger partial charge in [-0.1, -0.05) is 127 Å². The van der Waals surface area contributed by atoms with E-state index in [4.69, 9.17) is 4.42 Å². The second kappa shape index (κ2) is 10.8. The fourth-order valence-electron chi connectivity index (χ4n) is 6.80. The number of anilines is 3. The van der Waals surface area contributed by atoms with Gasteiger partial charge in [-0.15, -0.1) is 0 Å². The van der Waals surface area contributed by atoms with Crippen LogP contribution in [0.4, 0.5) is 17.1 Å². The Morgan fingerprint density at radius 1 is 0.348 bits per heavy atom. The summed E-state index contributed by atoms with van der Waals surface area (Å²) in [5, 5.41) is 7.23. The van der Waals surface area contributed by atoms with E-state index in [1.165, 1.54) is 43.8 Å². The molecular weight excluding hydrogens is 558 g/mol. The van der Waals surface area contributed by atoms with Gasteiger partial charge in [0.1, 0.15) is 11.2 Å². The van der Waals surface area contributed by atoms with Gasteiger partial charge < -0.3 is 9.32 Å². The molecule has 2 nitrogen and oxygen atoms in total. The zero-order valence-corrected chi connectivity index (χ0v) is 25.1. The van der Waals surface area contributed by atoms with E-state index in [1.54, 1.807) is 0 Å². The number of nitrogens with zero attached hydrogens (tertiary/aromatic N) is 1. The lowest BCUT2D eigenvalue weighted by Gasteiger charge is -2.28. The van der Waals surface area contributed by atoms with E-state index in [2.05, 4.69) is 169 Å². The Balaban J connectivity index is 1.19. The van der Waals surface area contributed by atoms with Crippen LogP contribution in [-0.2, 0) is 0 Å². The van der Waals surface area contributed by atoms with Gasteiger partial charge in [-0.3, -0.25) is 0 Å². The van der Waals surface area contributed by atoms with Gasteiger partial charge in [0.05, 0.1) is 5.69 Å². The van der Waals surface area contributed by atoms with Crippen LogP contribution in [0.25, 0.3) is 65.7 Å². The normalized spacial score (nSPS) is 11.5. The third-order valence-corrected chi connectivity index (χ3v) is 9.06. The summed E-state index contributed by atoms with van der Waals surface area (Å²) in [5.41, 5.74) is 9.94. The van der Waals surface area contributed by atoms with Crippen LogP contribution in [-0.4, -0.2) is 0 Å². The van der Waals surface area contributed by atoms with Crippen molar-refractivity contribution in [3.63, 3.8) is 0 Å². The highest BCUT2D eigenvalue weighted by atomic mass is 16.3. The van der Waals surface area contributed by atoms with E-state index >= 15 is 0 Å². The highest BCUT2D eigenvalue weighted by Crippen LogP contribution is 2.42. The predicted molar refractivity (Wildman–Crippen MR) is 194 cm³/mol. The molecule has 0 radical (unpaired) electrons. The van der Waals surface area contributed by atoms with Gasteiger partial charge in [-0.2, -0.15) is 0 Å². The molecule has 216 valence electrons. The number of hydrogen-bond acceptors (Lipinski definition) is 2. The number of benzene rings is 8. The summed E-state index contributed by atoms with van der Waals surface area (Å²) in [5.74, 6) is 0. The minimum absolute atomic E-state index is 0.912. The summed E-state index contributed by atoms with van der Waals surface area (Å²) in [6, 6.07) is 62.9. The smallest absolute Gasteiger partial charge is 0.135 e. The molecule has 8 aromatic carbocycles. The Labute approximate surface area is 267 Å². The quantitative estimate of drug-likeness (QED) is 0.186. The van der Waals surface area contributed by atoms with Crippen molar-refractivity contribution < 1.29 is 4.42 Å². The summed E-state index contributed by atoms with van der Waals surface area (Å²) >= 11 is 0. The molecule has 0 atom stereocenters. The average Bonchev–Trinajstić information content (AvgIpc) is 3.51. The summed E-state index contributed by atoms with van der Waals surface area (Å²) in [7, 11) is 0. The molecule has 1 heterocycles. The molecule has 0 saturated heterocycles. The molecule has 0 amide bonds. The van der Waals surface area contributed by atoms with Crippen molar-refractivity contribution in [3.8, 4) is 22.3 Å². The van der Waals surface area contributed by atoms with Crippen molar-refractivity contribution in [1.82, 2.24) is 0 Å². The molecule has 0 fully saturated rings. The lowest BCUT2D eigenvalue weighted by molar-refractivity contribution is 0.669. The molecule has 0 aliphatic heterocycles. The second-order valence-electron chi connectivity index (χ2n) is 11.8. The van der Waals surface area contributed by atoms with Crippen LogP contribution < -0.4 is 4.90 Å². The molecule has 0 N–H and O–H groups in total. The highest BCUT2D eigenvalue weighted by molar-refractivity contribution is 6.15. The van der Waals surface area contributed by atoms with Crippen molar-refractivity contribution in [2.24, 2.45) is 0 Å². The maximum atomic E-state index is 6.09. The highest BCUT2D eigenvalue weighted by Gasteiger charge is 2.18. The standard InChI is InChI=1S/C44H29NO/c1-2-9-30(10-3-1)31-19-24-36(25-20-31)45(41-15-8-12-34-18-17-33-11-4-5-13-38(33)44(34)41)37-26-21-32(22-27-37)35-23-28-43-40(29-35)39-14-6-7-16-42(39)46-43/h1-29H. The monoisotopic (exact) mass is 587 g/mol. The maximum absolute atomic E-state index is 6.09. The number of hydrogen-bond donors (Lipinski definition) is 0. The van der Waals surface area contributed by atoms with Crippen molar-refractivity contribution in [2.45, 2.75) is 0 Å². The molecule has 0 aliphatic rings. The number of furan rings is 1. The van der Waals surface area contributed by atoms with Gasteiger partial charge in [-0.05, 0) is 86.9 Å². The van der Waals surface area contributed by atoms with Crippen LogP contribution in [0.5, 0.6) is 0 Å². The lowest BCUT2D eigenvalue weighted by atomic mass is 9.98. The topological polar surface area (TPSA) is 16.4 Å². The molecule has 0 spiro atoms. The zero-order chi connectivity index (χ0) is 30.5. The Morgan fingerprint density at radius 2 is 0.913 bits per heavy atom. The van der Waals surface area contributed by atoms with E-state index in [0.29, 0.717) is 0 Å². The molecule has 1 aromatic heterocycles. The van der Waals surface area contributed by atoms with Crippen LogP contribution in [0.3, 0.4) is 0 Å². The third kappa shape index (κ3) is 4.43. The maximum Gasteiger partial charge on any atom is 0.135 e. The largest absolute Gasteiger partial charge is 0.456 e. The number of rotatable bonds is 5. The van der Waals surface area contributed by atoms with Gasteiger partial charge in [0, 0.05) is 27.5 Å². The first-order valence-corrected chi connectivity index (χ1v) is 15.7. The van der Waals surface area contributed by atoms with Gasteiger partial charge >= 0.3 is 0 Å². The van der Waals surface area contributed by atoms with Gasteiger partial charge in [-0.25, -0.2) is 0 Å². The first-order chi connectivity index (χ1) is 22.8. The van der Waals surface area contributed by atoms with Gasteiger partial charge in [0.15, 0.2) is 0 Å². The van der Waals surface area contributed by atoms with Crippen molar-refractivity contribution in [2.75, 3.05) is 4.90 Å². The molecule has 0 saturated carbocycles. The first kappa shape index (κ1) is 26.3. The van der Waals surface area contributed by atoms with Crippen molar-refractivity contribution in [1.29, 1.82) is 0 Å². The summed E-state index contributed by atoms with van der Waals surface area (Å²) < 4.78 is 6.09. The predicted octanol–water partition coefficient (Wildman–Crippen LogP) is 12.7. The van der Waals surface area contributed by atoms with E-state index in [0.717, 1.165) is 39.0 Å². The Morgan fingerprint density at radius 3 is 1.70 bits per heavy atom. The molecule has 0 aliphatic carbocycles. The molecular formula is C44H29NO. The van der Waals surface area contributed by atoms with Gasteiger partial charge in [0.2, 0.25) is 0 Å². The second-order valence-corrected chi connectivity index (χ2v) is 11.8. The van der Waals surface area contributed by atoms with Crippen LogP contribution in [0.1, 0.15) is 0 Å². The number of para-hydroxylation sites is 1. The lowest BCUT2D eigenvalue weighted by Crippen LogP contribution is -2.10. The van der Waals surface area contributed by atoms with Crippen molar-refractivity contribution >= 4 is 60.5 Å². The Kier molecular flexibility index (Phi) is 6.17. The first-order valence-electron chi connectivity index (χ1n) is 15.7. The molecule has 0 bridgehead atoms. The van der Waals surface area contributed by atoms with E-state index < -0.39 is 0 Å². The summed E-state index contributed by atoms with van der Waals surface area (Å²) in [6.07, 6.45) is 0. The molecule has 2 heteroatoms. The Bertz CT molecular complexity index is 2510. The molecule has 46 heavy (non-hydrogen) atoms. The Hall–Kier alpha value is -6.12. The SMILES string of the molecule is c1ccc(-c2ccc(N(c3ccc(-c4ccc5oc6ccccc6c5c4)cc3)c3cccc4ccc5ccccc5c34)cc2)cc1. The third-order valence-electron chi connectivity index (χ3n) is 9.06. The van der Waals surface area contributed by atoms with E-state index in [9.17, 15) is 0 Å².